The summed E-state index contributed by atoms with van der Waals surface area (Å²) in [7, 11) is -2.05. The van der Waals surface area contributed by atoms with E-state index in [9.17, 15) is 8.42 Å². The number of aryl methyl sites for hydroxylation is 1. The Kier molecular flexibility index (Phi) is 4.36. The first kappa shape index (κ1) is 14.9. The topological polar surface area (TPSA) is 99.2 Å². The Morgan fingerprint density at radius 2 is 2.17 bits per heavy atom. The lowest BCUT2D eigenvalue weighted by Gasteiger charge is -2.24. The first-order valence-corrected chi connectivity index (χ1v) is 7.09. The van der Waals surface area contributed by atoms with Crippen molar-refractivity contribution in [3.63, 3.8) is 0 Å². The number of nitrogens with two attached hydrogens (primary N) is 1. The van der Waals surface area contributed by atoms with E-state index < -0.39 is 15.6 Å². The van der Waals surface area contributed by atoms with Crippen molar-refractivity contribution in [1.29, 1.82) is 0 Å². The van der Waals surface area contributed by atoms with E-state index in [4.69, 9.17) is 10.5 Å². The fourth-order valence-electron chi connectivity index (χ4n) is 1.48. The molecule has 0 atom stereocenters. The van der Waals surface area contributed by atoms with Gasteiger partial charge in [-0.3, -0.25) is 4.68 Å². The minimum atomic E-state index is -3.66. The average molecular weight is 276 g/mol. The highest BCUT2D eigenvalue weighted by molar-refractivity contribution is 7.89. The van der Waals surface area contributed by atoms with Crippen molar-refractivity contribution in [2.24, 2.45) is 7.05 Å². The second-order valence-corrected chi connectivity index (χ2v) is 6.30. The number of anilines is 1. The molecule has 0 aliphatic heterocycles. The summed E-state index contributed by atoms with van der Waals surface area (Å²) in [5.41, 5.74) is 4.97. The van der Waals surface area contributed by atoms with Crippen molar-refractivity contribution in [3.8, 4) is 0 Å². The smallest absolute Gasteiger partial charge is 0.245 e. The van der Waals surface area contributed by atoms with Gasteiger partial charge in [0.25, 0.3) is 0 Å². The molecule has 0 amide bonds. The minimum Gasteiger partial charge on any atom is -0.381 e. The van der Waals surface area contributed by atoms with Crippen LogP contribution in [0.1, 0.15) is 20.8 Å². The molecule has 0 saturated heterocycles. The van der Waals surface area contributed by atoms with Gasteiger partial charge in [-0.05, 0) is 20.8 Å². The number of nitrogens with zero attached hydrogens (tertiary/aromatic N) is 2. The lowest BCUT2D eigenvalue weighted by molar-refractivity contribution is -0.00514. The van der Waals surface area contributed by atoms with Crippen LogP contribution in [-0.2, 0) is 21.8 Å². The molecule has 0 fully saturated rings. The summed E-state index contributed by atoms with van der Waals surface area (Å²) in [6.45, 7) is 6.16. The number of ether oxygens (including phenoxy) is 1. The highest BCUT2D eigenvalue weighted by Gasteiger charge is 2.25. The third-order valence-electron chi connectivity index (χ3n) is 2.33. The molecule has 0 unspecified atom stereocenters. The molecule has 3 N–H and O–H groups in total. The maximum Gasteiger partial charge on any atom is 0.245 e. The fourth-order valence-corrected chi connectivity index (χ4v) is 2.78. The van der Waals surface area contributed by atoms with E-state index in [1.54, 1.807) is 7.05 Å². The summed E-state index contributed by atoms with van der Waals surface area (Å²) >= 11 is 0. The molecule has 1 heterocycles. The number of aromatic nitrogens is 2. The van der Waals surface area contributed by atoms with Crippen LogP contribution in [0.3, 0.4) is 0 Å². The van der Waals surface area contributed by atoms with Gasteiger partial charge in [0.1, 0.15) is 4.90 Å². The quantitative estimate of drug-likeness (QED) is 0.767. The second-order valence-electron chi connectivity index (χ2n) is 4.57. The van der Waals surface area contributed by atoms with Crippen molar-refractivity contribution in [2.45, 2.75) is 31.3 Å². The predicted molar refractivity (Wildman–Crippen MR) is 68.5 cm³/mol. The van der Waals surface area contributed by atoms with Crippen LogP contribution >= 0.6 is 0 Å². The van der Waals surface area contributed by atoms with E-state index in [0.29, 0.717) is 6.61 Å². The predicted octanol–water partition coefficient (Wildman–Crippen LogP) is 0.0957. The van der Waals surface area contributed by atoms with Crippen LogP contribution in [0.15, 0.2) is 11.1 Å². The van der Waals surface area contributed by atoms with E-state index in [-0.39, 0.29) is 17.3 Å². The van der Waals surface area contributed by atoms with Gasteiger partial charge < -0.3 is 10.5 Å². The number of hydrogen-bond acceptors (Lipinski definition) is 5. The number of sulfonamides is 1. The Balaban J connectivity index is 2.81. The molecule has 1 aromatic rings. The van der Waals surface area contributed by atoms with Gasteiger partial charge >= 0.3 is 0 Å². The van der Waals surface area contributed by atoms with E-state index in [2.05, 4.69) is 9.82 Å². The van der Waals surface area contributed by atoms with Crippen molar-refractivity contribution in [2.75, 3.05) is 18.9 Å². The molecule has 0 aromatic carbocycles. The molecule has 1 aromatic heterocycles. The van der Waals surface area contributed by atoms with Crippen LogP contribution in [-0.4, -0.2) is 37.0 Å². The molecule has 0 aliphatic rings. The summed E-state index contributed by atoms with van der Waals surface area (Å²) in [6, 6.07) is 0. The fraction of sp³-hybridized carbons (Fsp3) is 0.700. The molecular weight excluding hydrogens is 256 g/mol. The molecule has 0 bridgehead atoms. The lowest BCUT2D eigenvalue weighted by Crippen LogP contribution is -2.40. The monoisotopic (exact) mass is 276 g/mol. The van der Waals surface area contributed by atoms with Gasteiger partial charge in [-0.25, -0.2) is 13.1 Å². The first-order chi connectivity index (χ1) is 8.18. The second kappa shape index (κ2) is 5.25. The molecular formula is C10H20N4O3S. The summed E-state index contributed by atoms with van der Waals surface area (Å²) in [6.07, 6.45) is 1.37. The van der Waals surface area contributed by atoms with Gasteiger partial charge in [-0.2, -0.15) is 5.10 Å². The highest BCUT2D eigenvalue weighted by Crippen LogP contribution is 2.16. The third kappa shape index (κ3) is 3.69. The van der Waals surface area contributed by atoms with Crippen LogP contribution in [0.25, 0.3) is 0 Å². The SMILES string of the molecule is CCOC(C)(C)CNS(=O)(=O)c1cn(C)nc1N. The highest BCUT2D eigenvalue weighted by atomic mass is 32.2. The number of rotatable bonds is 6. The van der Waals surface area contributed by atoms with Gasteiger partial charge in [0.05, 0.1) is 5.60 Å². The molecule has 104 valence electrons. The molecule has 0 radical (unpaired) electrons. The van der Waals surface area contributed by atoms with Crippen LogP contribution in [0.4, 0.5) is 5.82 Å². The summed E-state index contributed by atoms with van der Waals surface area (Å²) in [5, 5.41) is 3.80. The van der Waals surface area contributed by atoms with Gasteiger partial charge in [-0.15, -0.1) is 0 Å². The van der Waals surface area contributed by atoms with Crippen LogP contribution in [0, 0.1) is 0 Å². The number of hydrogen-bond donors (Lipinski definition) is 2. The largest absolute Gasteiger partial charge is 0.381 e. The Labute approximate surface area is 107 Å². The van der Waals surface area contributed by atoms with E-state index >= 15 is 0 Å². The maximum absolute atomic E-state index is 12.0. The Morgan fingerprint density at radius 1 is 1.56 bits per heavy atom. The molecule has 8 heteroatoms. The standard InChI is InChI=1S/C10H20N4O3S/c1-5-17-10(2,3)7-12-18(15,16)8-6-14(4)13-9(8)11/h6,12H,5,7H2,1-4H3,(H2,11,13). The average Bonchev–Trinajstić information content (AvgIpc) is 2.56. The van der Waals surface area contributed by atoms with Crippen molar-refractivity contribution in [1.82, 2.24) is 14.5 Å². The summed E-state index contributed by atoms with van der Waals surface area (Å²) < 4.78 is 33.3. The Bertz CT molecular complexity index is 507. The Hall–Kier alpha value is -1.12. The summed E-state index contributed by atoms with van der Waals surface area (Å²) in [4.78, 5) is -0.0164. The van der Waals surface area contributed by atoms with Crippen molar-refractivity contribution < 1.29 is 13.2 Å². The van der Waals surface area contributed by atoms with Gasteiger partial charge in [0.15, 0.2) is 5.82 Å². The number of nitrogen functional groups attached to an aromatic ring is 1. The maximum atomic E-state index is 12.0. The van der Waals surface area contributed by atoms with Crippen molar-refractivity contribution >= 4 is 15.8 Å². The normalized spacial score (nSPS) is 12.9. The zero-order valence-corrected chi connectivity index (χ0v) is 11.9. The Morgan fingerprint density at radius 3 is 2.61 bits per heavy atom. The lowest BCUT2D eigenvalue weighted by atomic mass is 10.1. The van der Waals surface area contributed by atoms with Gasteiger partial charge in [0, 0.05) is 26.4 Å². The molecule has 18 heavy (non-hydrogen) atoms. The van der Waals surface area contributed by atoms with Crippen LogP contribution in [0.2, 0.25) is 0 Å². The molecule has 7 nitrogen and oxygen atoms in total. The summed E-state index contributed by atoms with van der Waals surface area (Å²) in [5.74, 6) is -0.0146. The molecule has 0 spiro atoms. The van der Waals surface area contributed by atoms with Crippen LogP contribution in [0.5, 0.6) is 0 Å². The first-order valence-electron chi connectivity index (χ1n) is 5.60. The van der Waals surface area contributed by atoms with E-state index in [1.165, 1.54) is 10.9 Å². The van der Waals surface area contributed by atoms with E-state index in [1.807, 2.05) is 20.8 Å². The van der Waals surface area contributed by atoms with Crippen molar-refractivity contribution in [3.05, 3.63) is 6.20 Å². The van der Waals surface area contributed by atoms with Gasteiger partial charge in [-0.1, -0.05) is 0 Å². The van der Waals surface area contributed by atoms with Gasteiger partial charge in [0.2, 0.25) is 10.0 Å². The van der Waals surface area contributed by atoms with E-state index in [0.717, 1.165) is 0 Å². The molecule has 0 aliphatic carbocycles. The van der Waals surface area contributed by atoms with Crippen LogP contribution < -0.4 is 10.5 Å². The zero-order chi connectivity index (χ0) is 14.0. The zero-order valence-electron chi connectivity index (χ0n) is 11.1. The third-order valence-corrected chi connectivity index (χ3v) is 3.75. The molecule has 0 saturated carbocycles. The molecule has 1 rings (SSSR count). The number of nitrogens with one attached hydrogen (secondary N) is 1. The minimum absolute atomic E-state index is 0.0146.